The van der Waals surface area contributed by atoms with Gasteiger partial charge < -0.3 is 19.4 Å². The molecule has 166 valence electrons. The van der Waals surface area contributed by atoms with E-state index in [0.717, 1.165) is 5.56 Å². The Balaban J connectivity index is 1.38. The third-order valence-electron chi connectivity index (χ3n) is 5.58. The molecule has 1 aromatic heterocycles. The van der Waals surface area contributed by atoms with Gasteiger partial charge in [0, 0.05) is 16.5 Å². The minimum Gasteiger partial charge on any atom is -0.486 e. The van der Waals surface area contributed by atoms with Crippen LogP contribution in [0.2, 0.25) is 5.02 Å². The van der Waals surface area contributed by atoms with Crippen LogP contribution in [0.5, 0.6) is 11.5 Å². The molecule has 3 aromatic carbocycles. The lowest BCUT2D eigenvalue weighted by Crippen LogP contribution is -2.41. The summed E-state index contributed by atoms with van der Waals surface area (Å²) in [6, 6.07) is 23.6. The number of fused-ring (bicyclic) bond motifs is 2. The van der Waals surface area contributed by atoms with Crippen molar-refractivity contribution < 1.29 is 14.3 Å². The lowest BCUT2D eigenvalue weighted by molar-refractivity contribution is 0.0790. The number of para-hydroxylation sites is 3. The molecule has 0 saturated heterocycles. The highest BCUT2D eigenvalue weighted by atomic mass is 35.5. The third kappa shape index (κ3) is 4.43. The maximum Gasteiger partial charge on any atom is 0.252 e. The molecule has 33 heavy (non-hydrogen) atoms. The number of nitrogens with zero attached hydrogens (tertiary/aromatic N) is 1. The van der Waals surface area contributed by atoms with E-state index in [-0.39, 0.29) is 24.1 Å². The first-order valence-electron chi connectivity index (χ1n) is 10.6. The van der Waals surface area contributed by atoms with Crippen molar-refractivity contribution in [1.29, 1.82) is 0 Å². The van der Waals surface area contributed by atoms with Crippen LogP contribution in [0.15, 0.2) is 83.7 Å². The number of rotatable bonds is 5. The number of nitrogens with one attached hydrogen (secondary N) is 1. The van der Waals surface area contributed by atoms with Gasteiger partial charge in [0.2, 0.25) is 0 Å². The molecule has 7 heteroatoms. The number of carbonyl (C=O) groups is 1. The minimum absolute atomic E-state index is 0.250. The molecule has 0 fully saturated rings. The maximum atomic E-state index is 13.0. The third-order valence-corrected chi connectivity index (χ3v) is 5.83. The number of aromatic nitrogens is 1. The first kappa shape index (κ1) is 21.1. The summed E-state index contributed by atoms with van der Waals surface area (Å²) in [4.78, 5) is 26.0. The number of hydrogen-bond donors (Lipinski definition) is 1. The minimum atomic E-state index is -0.329. The maximum absolute atomic E-state index is 13.0. The fourth-order valence-electron chi connectivity index (χ4n) is 3.92. The lowest BCUT2D eigenvalue weighted by atomic mass is 10.1. The van der Waals surface area contributed by atoms with Crippen molar-refractivity contribution in [3.05, 3.63) is 105 Å². The number of halogens is 1. The van der Waals surface area contributed by atoms with Crippen molar-refractivity contribution in [2.24, 2.45) is 0 Å². The number of pyridine rings is 1. The highest BCUT2D eigenvalue weighted by molar-refractivity contribution is 6.30. The van der Waals surface area contributed by atoms with Gasteiger partial charge in [-0.1, -0.05) is 54.1 Å². The van der Waals surface area contributed by atoms with E-state index in [9.17, 15) is 9.59 Å². The normalized spacial score (nSPS) is 14.8. The van der Waals surface area contributed by atoms with Crippen LogP contribution in [0.3, 0.4) is 0 Å². The molecule has 1 unspecified atom stereocenters. The second-order valence-electron chi connectivity index (χ2n) is 7.83. The second-order valence-corrected chi connectivity index (χ2v) is 8.27. The van der Waals surface area contributed by atoms with Crippen LogP contribution in [0, 0.1) is 0 Å². The van der Waals surface area contributed by atoms with E-state index in [2.05, 4.69) is 5.32 Å². The van der Waals surface area contributed by atoms with Crippen molar-refractivity contribution in [3.8, 4) is 11.5 Å². The molecule has 6 nitrogen and oxygen atoms in total. The second kappa shape index (κ2) is 9.00. The summed E-state index contributed by atoms with van der Waals surface area (Å²) in [6.45, 7) is 0.973. The topological polar surface area (TPSA) is 69.6 Å². The Morgan fingerprint density at radius 3 is 2.55 bits per heavy atom. The Morgan fingerprint density at radius 1 is 1.00 bits per heavy atom. The van der Waals surface area contributed by atoms with Gasteiger partial charge in [-0.05, 0) is 35.9 Å². The zero-order valence-corrected chi connectivity index (χ0v) is 18.4. The molecule has 0 radical (unpaired) electrons. The molecule has 4 aromatic rings. The molecule has 1 aliphatic rings. The molecule has 1 N–H and O–H groups in total. The van der Waals surface area contributed by atoms with Crippen molar-refractivity contribution in [1.82, 2.24) is 9.88 Å². The zero-order chi connectivity index (χ0) is 22.8. The van der Waals surface area contributed by atoms with Gasteiger partial charge >= 0.3 is 0 Å². The zero-order valence-electron chi connectivity index (χ0n) is 17.7. The predicted molar refractivity (Wildman–Crippen MR) is 127 cm³/mol. The largest absolute Gasteiger partial charge is 0.486 e. The van der Waals surface area contributed by atoms with Gasteiger partial charge in [0.15, 0.2) is 11.5 Å². The van der Waals surface area contributed by atoms with Crippen LogP contribution in [-0.2, 0) is 6.54 Å². The molecular formula is C26H21ClN2O4. The van der Waals surface area contributed by atoms with Gasteiger partial charge in [0.25, 0.3) is 11.5 Å². The summed E-state index contributed by atoms with van der Waals surface area (Å²) in [6.07, 6.45) is -0.319. The summed E-state index contributed by atoms with van der Waals surface area (Å²) in [7, 11) is 0. The van der Waals surface area contributed by atoms with Crippen LogP contribution >= 0.6 is 11.6 Å². The molecule has 1 atom stereocenters. The molecule has 0 aliphatic carbocycles. The lowest BCUT2D eigenvalue weighted by Gasteiger charge is -2.26. The van der Waals surface area contributed by atoms with Gasteiger partial charge in [-0.25, -0.2) is 0 Å². The van der Waals surface area contributed by atoms with Crippen LogP contribution in [0.25, 0.3) is 10.9 Å². The highest BCUT2D eigenvalue weighted by Gasteiger charge is 2.22. The average Bonchev–Trinajstić information content (AvgIpc) is 2.85. The van der Waals surface area contributed by atoms with E-state index in [4.69, 9.17) is 21.1 Å². The summed E-state index contributed by atoms with van der Waals surface area (Å²) >= 11 is 5.98. The Kier molecular flexibility index (Phi) is 5.75. The molecule has 5 rings (SSSR count). The quantitative estimate of drug-likeness (QED) is 0.483. The van der Waals surface area contributed by atoms with Crippen molar-refractivity contribution in [3.63, 3.8) is 0 Å². The average molecular weight is 461 g/mol. The monoisotopic (exact) mass is 460 g/mol. The number of carbonyl (C=O) groups excluding carboxylic acids is 1. The molecular weight excluding hydrogens is 440 g/mol. The summed E-state index contributed by atoms with van der Waals surface area (Å²) in [5.74, 6) is 1.01. The summed E-state index contributed by atoms with van der Waals surface area (Å²) < 4.78 is 13.3. The molecule has 1 aliphatic heterocycles. The molecule has 0 saturated carbocycles. The van der Waals surface area contributed by atoms with Crippen LogP contribution in [0.4, 0.5) is 0 Å². The Bertz CT molecular complexity index is 1380. The number of hydrogen-bond acceptors (Lipinski definition) is 4. The van der Waals surface area contributed by atoms with Gasteiger partial charge in [0.1, 0.15) is 12.7 Å². The number of benzene rings is 3. The van der Waals surface area contributed by atoms with E-state index in [0.29, 0.717) is 46.1 Å². The van der Waals surface area contributed by atoms with Crippen LogP contribution in [0.1, 0.15) is 15.9 Å². The first-order chi connectivity index (χ1) is 16.1. The van der Waals surface area contributed by atoms with E-state index in [1.807, 2.05) is 60.7 Å². The smallest absolute Gasteiger partial charge is 0.252 e. The molecule has 2 heterocycles. The first-order valence-corrected chi connectivity index (χ1v) is 11.0. The highest BCUT2D eigenvalue weighted by Crippen LogP contribution is 2.30. The van der Waals surface area contributed by atoms with Gasteiger partial charge in [-0.3, -0.25) is 9.59 Å². The summed E-state index contributed by atoms with van der Waals surface area (Å²) in [5.41, 5.74) is 1.72. The Labute approximate surface area is 195 Å². The SMILES string of the molecule is O=C(NCC1COc2ccccc2O1)c1cc(=O)n(Cc2ccc(Cl)cc2)c2ccccc12. The Morgan fingerprint density at radius 2 is 1.73 bits per heavy atom. The van der Waals surface area contributed by atoms with Gasteiger partial charge in [-0.15, -0.1) is 0 Å². The van der Waals surface area contributed by atoms with E-state index >= 15 is 0 Å². The van der Waals surface area contributed by atoms with E-state index in [1.54, 1.807) is 16.7 Å². The fourth-order valence-corrected chi connectivity index (χ4v) is 4.05. The molecule has 0 bridgehead atoms. The van der Waals surface area contributed by atoms with Crippen LogP contribution < -0.4 is 20.3 Å². The summed E-state index contributed by atoms with van der Waals surface area (Å²) in [5, 5.41) is 4.23. The number of ether oxygens (including phenoxy) is 2. The van der Waals surface area contributed by atoms with Crippen LogP contribution in [-0.4, -0.2) is 29.7 Å². The van der Waals surface area contributed by atoms with Gasteiger partial charge in [-0.2, -0.15) is 0 Å². The standard InChI is InChI=1S/C26H21ClN2O4/c27-18-11-9-17(10-12-18)15-29-22-6-2-1-5-20(22)21(13-25(29)30)26(31)28-14-19-16-32-23-7-3-4-8-24(23)33-19/h1-13,19H,14-16H2,(H,28,31). The van der Waals surface area contributed by atoms with Crippen molar-refractivity contribution >= 4 is 28.4 Å². The van der Waals surface area contributed by atoms with Crippen molar-refractivity contribution in [2.45, 2.75) is 12.6 Å². The van der Waals surface area contributed by atoms with E-state index in [1.165, 1.54) is 6.07 Å². The predicted octanol–water partition coefficient (Wildman–Crippen LogP) is 4.27. The van der Waals surface area contributed by atoms with Gasteiger partial charge in [0.05, 0.1) is 24.2 Å². The van der Waals surface area contributed by atoms with E-state index < -0.39 is 0 Å². The Hall–Kier alpha value is -3.77. The number of amides is 1. The fraction of sp³-hybridized carbons (Fsp3) is 0.154. The molecule has 0 spiro atoms. The molecule has 1 amide bonds. The van der Waals surface area contributed by atoms with Crippen molar-refractivity contribution in [2.75, 3.05) is 13.2 Å².